The van der Waals surface area contributed by atoms with Gasteiger partial charge in [0.25, 0.3) is 5.91 Å². The van der Waals surface area contributed by atoms with E-state index in [0.717, 1.165) is 18.7 Å². The summed E-state index contributed by atoms with van der Waals surface area (Å²) in [4.78, 5) is 26.2. The minimum atomic E-state index is -0.219. The summed E-state index contributed by atoms with van der Waals surface area (Å²) in [6.45, 7) is 2.60. The van der Waals surface area contributed by atoms with Gasteiger partial charge in [0, 0.05) is 36.3 Å². The van der Waals surface area contributed by atoms with Crippen LogP contribution in [0, 0.1) is 0 Å². The average Bonchev–Trinajstić information content (AvgIpc) is 3.31. The number of carbonyl (C=O) groups excluding carboxylic acids is 2. The van der Waals surface area contributed by atoms with Crippen LogP contribution in [0.15, 0.2) is 41.1 Å². The molecule has 126 valence electrons. The molecule has 1 saturated heterocycles. The fraction of sp³-hybridized carbons (Fsp3) is 0.333. The summed E-state index contributed by atoms with van der Waals surface area (Å²) in [6.07, 6.45) is 2.44. The van der Waals surface area contributed by atoms with E-state index in [1.165, 1.54) is 29.9 Å². The van der Waals surface area contributed by atoms with Crippen molar-refractivity contribution in [3.63, 3.8) is 0 Å². The second-order valence-electron chi connectivity index (χ2n) is 5.79. The lowest BCUT2D eigenvalue weighted by Crippen LogP contribution is -2.36. The topological polar surface area (TPSA) is 61.4 Å². The quantitative estimate of drug-likeness (QED) is 0.847. The van der Waals surface area contributed by atoms with E-state index in [0.29, 0.717) is 12.1 Å². The van der Waals surface area contributed by atoms with Crippen molar-refractivity contribution in [1.29, 1.82) is 0 Å². The van der Waals surface area contributed by atoms with E-state index < -0.39 is 0 Å². The van der Waals surface area contributed by atoms with Gasteiger partial charge in [-0.15, -0.1) is 0 Å². The highest BCUT2D eigenvalue weighted by Gasteiger charge is 2.15. The molecular formula is C18H21N3O2S. The maximum absolute atomic E-state index is 12.0. The third-order valence-corrected chi connectivity index (χ3v) is 4.79. The van der Waals surface area contributed by atoms with Crippen molar-refractivity contribution in [3.05, 3.63) is 52.2 Å². The van der Waals surface area contributed by atoms with Crippen LogP contribution in [-0.4, -0.2) is 31.4 Å². The molecule has 1 fully saturated rings. The first-order valence-corrected chi connectivity index (χ1v) is 9.08. The molecule has 1 aromatic heterocycles. The molecule has 0 atom stereocenters. The van der Waals surface area contributed by atoms with Crippen molar-refractivity contribution >= 4 is 28.8 Å². The number of carbonyl (C=O) groups is 2. The molecule has 2 amide bonds. The number of hydrogen-bond acceptors (Lipinski definition) is 4. The summed E-state index contributed by atoms with van der Waals surface area (Å²) in [7, 11) is 0. The molecule has 0 radical (unpaired) electrons. The van der Waals surface area contributed by atoms with E-state index in [9.17, 15) is 9.59 Å². The van der Waals surface area contributed by atoms with Gasteiger partial charge < -0.3 is 15.5 Å². The largest absolute Gasteiger partial charge is 0.371 e. The monoisotopic (exact) mass is 343 g/mol. The van der Waals surface area contributed by atoms with Crippen LogP contribution in [0.4, 0.5) is 5.69 Å². The van der Waals surface area contributed by atoms with Crippen LogP contribution in [0.3, 0.4) is 0 Å². The highest BCUT2D eigenvalue weighted by molar-refractivity contribution is 7.08. The molecule has 2 aromatic rings. The van der Waals surface area contributed by atoms with Gasteiger partial charge in [-0.1, -0.05) is 18.2 Å². The Morgan fingerprint density at radius 1 is 1.08 bits per heavy atom. The molecule has 0 saturated carbocycles. The van der Waals surface area contributed by atoms with Gasteiger partial charge in [-0.3, -0.25) is 9.59 Å². The lowest BCUT2D eigenvalue weighted by atomic mass is 10.1. The summed E-state index contributed by atoms with van der Waals surface area (Å²) < 4.78 is 0. The van der Waals surface area contributed by atoms with Crippen LogP contribution in [0.5, 0.6) is 0 Å². The van der Waals surface area contributed by atoms with Gasteiger partial charge in [-0.2, -0.15) is 11.3 Å². The first-order valence-electron chi connectivity index (χ1n) is 8.14. The normalized spacial score (nSPS) is 13.8. The Balaban J connectivity index is 1.50. The molecule has 0 aliphatic carbocycles. The van der Waals surface area contributed by atoms with Crippen LogP contribution >= 0.6 is 11.3 Å². The SMILES string of the molecule is O=C(CNC(=O)c1ccsc1)NCc1ccccc1N1CCCC1. The van der Waals surface area contributed by atoms with Gasteiger partial charge >= 0.3 is 0 Å². The average molecular weight is 343 g/mol. The number of thiophene rings is 1. The summed E-state index contributed by atoms with van der Waals surface area (Å²) in [6, 6.07) is 9.90. The van der Waals surface area contributed by atoms with Crippen molar-refractivity contribution in [2.75, 3.05) is 24.5 Å². The Bertz CT molecular complexity index is 694. The highest BCUT2D eigenvalue weighted by Crippen LogP contribution is 2.24. The fourth-order valence-corrected chi connectivity index (χ4v) is 3.48. The number of benzene rings is 1. The second-order valence-corrected chi connectivity index (χ2v) is 6.57. The van der Waals surface area contributed by atoms with Gasteiger partial charge in [0.2, 0.25) is 5.91 Å². The zero-order valence-electron chi connectivity index (χ0n) is 13.5. The van der Waals surface area contributed by atoms with Crippen molar-refractivity contribution < 1.29 is 9.59 Å². The zero-order valence-corrected chi connectivity index (χ0v) is 14.3. The number of amides is 2. The first-order chi connectivity index (χ1) is 11.7. The van der Waals surface area contributed by atoms with Crippen LogP contribution < -0.4 is 15.5 Å². The second kappa shape index (κ2) is 7.97. The Morgan fingerprint density at radius 2 is 1.88 bits per heavy atom. The van der Waals surface area contributed by atoms with Gasteiger partial charge in [-0.25, -0.2) is 0 Å². The molecule has 5 nitrogen and oxygen atoms in total. The Kier molecular flexibility index (Phi) is 5.48. The summed E-state index contributed by atoms with van der Waals surface area (Å²) in [5.41, 5.74) is 2.89. The van der Waals surface area contributed by atoms with Gasteiger partial charge in [0.05, 0.1) is 6.54 Å². The number of nitrogens with one attached hydrogen (secondary N) is 2. The van der Waals surface area contributed by atoms with Crippen molar-refractivity contribution in [2.45, 2.75) is 19.4 Å². The molecule has 6 heteroatoms. The Hall–Kier alpha value is -2.34. The first kappa shape index (κ1) is 16.5. The Morgan fingerprint density at radius 3 is 2.62 bits per heavy atom. The van der Waals surface area contributed by atoms with Crippen molar-refractivity contribution in [2.24, 2.45) is 0 Å². The number of rotatable bonds is 6. The van der Waals surface area contributed by atoms with Crippen LogP contribution in [0.25, 0.3) is 0 Å². The molecule has 24 heavy (non-hydrogen) atoms. The molecular weight excluding hydrogens is 322 g/mol. The minimum absolute atomic E-state index is 0.0133. The molecule has 1 aliphatic heterocycles. The van der Waals surface area contributed by atoms with Gasteiger partial charge in [-0.05, 0) is 35.9 Å². The van der Waals surface area contributed by atoms with E-state index in [4.69, 9.17) is 0 Å². The number of nitrogens with zero attached hydrogens (tertiary/aromatic N) is 1. The Labute approximate surface area is 145 Å². The fourth-order valence-electron chi connectivity index (χ4n) is 2.84. The predicted molar refractivity (Wildman–Crippen MR) is 96.4 cm³/mol. The van der Waals surface area contributed by atoms with Crippen LogP contribution in [0.2, 0.25) is 0 Å². The standard InChI is InChI=1S/C18H21N3O2S/c22-17(12-20-18(23)15-7-10-24-13-15)19-11-14-5-1-2-6-16(14)21-8-3-4-9-21/h1-2,5-7,10,13H,3-4,8-9,11-12H2,(H,19,22)(H,20,23). The number of anilines is 1. The van der Waals surface area contributed by atoms with E-state index in [-0.39, 0.29) is 18.4 Å². The smallest absolute Gasteiger partial charge is 0.252 e. The molecule has 2 heterocycles. The van der Waals surface area contributed by atoms with Crippen LogP contribution in [-0.2, 0) is 11.3 Å². The maximum atomic E-state index is 12.0. The van der Waals surface area contributed by atoms with E-state index >= 15 is 0 Å². The van der Waals surface area contributed by atoms with Crippen molar-refractivity contribution in [3.8, 4) is 0 Å². The van der Waals surface area contributed by atoms with Gasteiger partial charge in [0.15, 0.2) is 0 Å². The van der Waals surface area contributed by atoms with E-state index in [2.05, 4.69) is 21.6 Å². The third kappa shape index (κ3) is 4.14. The summed E-state index contributed by atoms with van der Waals surface area (Å²) in [5.74, 6) is -0.404. The molecule has 0 spiro atoms. The zero-order chi connectivity index (χ0) is 16.8. The van der Waals surface area contributed by atoms with Crippen molar-refractivity contribution in [1.82, 2.24) is 10.6 Å². The summed E-state index contributed by atoms with van der Waals surface area (Å²) >= 11 is 1.46. The lowest BCUT2D eigenvalue weighted by Gasteiger charge is -2.21. The number of hydrogen-bond donors (Lipinski definition) is 2. The lowest BCUT2D eigenvalue weighted by molar-refractivity contribution is -0.120. The van der Waals surface area contributed by atoms with Crippen LogP contribution in [0.1, 0.15) is 28.8 Å². The maximum Gasteiger partial charge on any atom is 0.252 e. The molecule has 2 N–H and O–H groups in total. The molecule has 0 bridgehead atoms. The van der Waals surface area contributed by atoms with Gasteiger partial charge in [0.1, 0.15) is 0 Å². The molecule has 1 aromatic carbocycles. The molecule has 3 rings (SSSR count). The predicted octanol–water partition coefficient (Wildman–Crippen LogP) is 2.39. The molecule has 1 aliphatic rings. The third-order valence-electron chi connectivity index (χ3n) is 4.11. The number of para-hydroxylation sites is 1. The van der Waals surface area contributed by atoms with E-state index in [1.807, 2.05) is 23.6 Å². The summed E-state index contributed by atoms with van der Waals surface area (Å²) in [5, 5.41) is 9.12. The molecule has 0 unspecified atom stereocenters. The van der Waals surface area contributed by atoms with E-state index in [1.54, 1.807) is 11.4 Å². The highest BCUT2D eigenvalue weighted by atomic mass is 32.1. The minimum Gasteiger partial charge on any atom is -0.371 e.